The van der Waals surface area contributed by atoms with E-state index in [1.54, 1.807) is 36.6 Å². The second-order valence-corrected chi connectivity index (χ2v) is 5.78. The lowest BCUT2D eigenvalue weighted by Crippen LogP contribution is -2.41. The molecule has 0 aliphatic rings. The van der Waals surface area contributed by atoms with E-state index in [0.29, 0.717) is 12.5 Å². The molecule has 1 aromatic carbocycles. The molecule has 0 saturated carbocycles. The number of rotatable bonds is 6. The van der Waals surface area contributed by atoms with Crippen molar-refractivity contribution in [1.29, 1.82) is 0 Å². The van der Waals surface area contributed by atoms with Gasteiger partial charge in [-0.2, -0.15) is 0 Å². The van der Waals surface area contributed by atoms with Crippen molar-refractivity contribution in [3.63, 3.8) is 0 Å². The molecule has 2 rings (SSSR count). The molecule has 0 aliphatic heterocycles. The molecule has 0 spiro atoms. The summed E-state index contributed by atoms with van der Waals surface area (Å²) in [5.41, 5.74) is 0. The third kappa shape index (κ3) is 5.04. The third-order valence-corrected chi connectivity index (χ3v) is 3.83. The highest BCUT2D eigenvalue weighted by atomic mass is 32.1. The van der Waals surface area contributed by atoms with Crippen LogP contribution in [0.15, 0.2) is 46.8 Å². The number of halogens is 1. The van der Waals surface area contributed by atoms with Gasteiger partial charge >= 0.3 is 0 Å². The average Bonchev–Trinajstić information content (AvgIpc) is 3.03. The Morgan fingerprint density at radius 1 is 1.27 bits per heavy atom. The first-order chi connectivity index (χ1) is 10.7. The minimum absolute atomic E-state index is 0.183. The predicted octanol–water partition coefficient (Wildman–Crippen LogP) is 3.02. The Balaban J connectivity index is 1.76. The van der Waals surface area contributed by atoms with Gasteiger partial charge in [0.15, 0.2) is 17.5 Å². The second kappa shape index (κ2) is 8.38. The van der Waals surface area contributed by atoms with Crippen molar-refractivity contribution in [3.05, 3.63) is 52.5 Å². The SMILES string of the molecule is CN=C(NCc1cccs1)NCC(C)Oc1ccccc1F. The Morgan fingerprint density at radius 3 is 2.77 bits per heavy atom. The van der Waals surface area contributed by atoms with Gasteiger partial charge in [-0.3, -0.25) is 4.99 Å². The summed E-state index contributed by atoms with van der Waals surface area (Å²) < 4.78 is 19.1. The molecule has 0 bridgehead atoms. The minimum Gasteiger partial charge on any atom is -0.486 e. The molecule has 0 aliphatic carbocycles. The first-order valence-corrected chi connectivity index (χ1v) is 7.95. The van der Waals surface area contributed by atoms with Crippen LogP contribution in [0.25, 0.3) is 0 Å². The van der Waals surface area contributed by atoms with Crippen LogP contribution in [0.1, 0.15) is 11.8 Å². The van der Waals surface area contributed by atoms with Gasteiger partial charge in [0.25, 0.3) is 0 Å². The van der Waals surface area contributed by atoms with Crippen molar-refractivity contribution in [1.82, 2.24) is 10.6 Å². The van der Waals surface area contributed by atoms with Gasteiger partial charge in [0.2, 0.25) is 0 Å². The number of thiophene rings is 1. The van der Waals surface area contributed by atoms with Gasteiger partial charge in [-0.25, -0.2) is 4.39 Å². The van der Waals surface area contributed by atoms with E-state index in [2.05, 4.69) is 21.7 Å². The van der Waals surface area contributed by atoms with Crippen molar-refractivity contribution in [3.8, 4) is 5.75 Å². The minimum atomic E-state index is -0.352. The van der Waals surface area contributed by atoms with E-state index in [9.17, 15) is 4.39 Å². The van der Waals surface area contributed by atoms with E-state index < -0.39 is 0 Å². The lowest BCUT2D eigenvalue weighted by molar-refractivity contribution is 0.214. The molecular formula is C16H20FN3OS. The van der Waals surface area contributed by atoms with Crippen molar-refractivity contribution >= 4 is 17.3 Å². The van der Waals surface area contributed by atoms with E-state index in [1.807, 2.05) is 18.4 Å². The van der Waals surface area contributed by atoms with E-state index in [1.165, 1.54) is 10.9 Å². The Hall–Kier alpha value is -2.08. The van der Waals surface area contributed by atoms with E-state index >= 15 is 0 Å². The maximum atomic E-state index is 13.5. The van der Waals surface area contributed by atoms with E-state index in [4.69, 9.17) is 4.74 Å². The largest absolute Gasteiger partial charge is 0.486 e. The molecule has 0 radical (unpaired) electrons. The van der Waals surface area contributed by atoms with Gasteiger partial charge in [0, 0.05) is 11.9 Å². The maximum absolute atomic E-state index is 13.5. The Morgan fingerprint density at radius 2 is 2.09 bits per heavy atom. The summed E-state index contributed by atoms with van der Waals surface area (Å²) >= 11 is 1.69. The highest BCUT2D eigenvalue weighted by molar-refractivity contribution is 7.09. The van der Waals surface area contributed by atoms with Crippen LogP contribution in [0.2, 0.25) is 0 Å². The summed E-state index contributed by atoms with van der Waals surface area (Å²) in [6.07, 6.45) is -0.183. The number of aliphatic imine (C=N–C) groups is 1. The molecule has 1 unspecified atom stereocenters. The zero-order valence-electron chi connectivity index (χ0n) is 12.7. The average molecular weight is 321 g/mol. The fraction of sp³-hybridized carbons (Fsp3) is 0.312. The monoisotopic (exact) mass is 321 g/mol. The molecule has 118 valence electrons. The molecule has 2 aromatic rings. The summed E-state index contributed by atoms with van der Waals surface area (Å²) in [6.45, 7) is 3.13. The molecule has 2 N–H and O–H groups in total. The molecule has 6 heteroatoms. The number of guanidine groups is 1. The van der Waals surface area contributed by atoms with Crippen LogP contribution in [0.4, 0.5) is 4.39 Å². The molecule has 1 aromatic heterocycles. The highest BCUT2D eigenvalue weighted by Gasteiger charge is 2.08. The molecule has 1 atom stereocenters. The zero-order chi connectivity index (χ0) is 15.8. The molecule has 4 nitrogen and oxygen atoms in total. The Kier molecular flexibility index (Phi) is 6.21. The first kappa shape index (κ1) is 16.3. The number of nitrogens with one attached hydrogen (secondary N) is 2. The number of para-hydroxylation sites is 1. The molecular weight excluding hydrogens is 301 g/mol. The lowest BCUT2D eigenvalue weighted by Gasteiger charge is -2.17. The number of hydrogen-bond donors (Lipinski definition) is 2. The maximum Gasteiger partial charge on any atom is 0.191 e. The lowest BCUT2D eigenvalue weighted by atomic mass is 10.3. The molecule has 0 saturated heterocycles. The van der Waals surface area contributed by atoms with Gasteiger partial charge in [0.05, 0.1) is 13.1 Å². The summed E-state index contributed by atoms with van der Waals surface area (Å²) in [5.74, 6) is 0.602. The smallest absolute Gasteiger partial charge is 0.191 e. The summed E-state index contributed by atoms with van der Waals surface area (Å²) in [5, 5.41) is 8.43. The van der Waals surface area contributed by atoms with Crippen molar-refractivity contribution in [2.45, 2.75) is 19.6 Å². The predicted molar refractivity (Wildman–Crippen MR) is 89.0 cm³/mol. The molecule has 1 heterocycles. The van der Waals surface area contributed by atoms with Gasteiger partial charge in [-0.15, -0.1) is 11.3 Å². The molecule has 22 heavy (non-hydrogen) atoms. The van der Waals surface area contributed by atoms with Crippen LogP contribution >= 0.6 is 11.3 Å². The fourth-order valence-corrected chi connectivity index (χ4v) is 2.49. The van der Waals surface area contributed by atoms with Crippen molar-refractivity contribution < 1.29 is 9.13 Å². The molecule has 0 fully saturated rings. The van der Waals surface area contributed by atoms with Crippen LogP contribution in [-0.2, 0) is 6.54 Å². The van der Waals surface area contributed by atoms with Crippen LogP contribution < -0.4 is 15.4 Å². The second-order valence-electron chi connectivity index (χ2n) is 4.74. The number of ether oxygens (including phenoxy) is 1. The van der Waals surface area contributed by atoms with E-state index in [0.717, 1.165) is 6.54 Å². The summed E-state index contributed by atoms with van der Waals surface area (Å²) in [6, 6.07) is 10.5. The van der Waals surface area contributed by atoms with Crippen molar-refractivity contribution in [2.24, 2.45) is 4.99 Å². The van der Waals surface area contributed by atoms with Gasteiger partial charge in [0.1, 0.15) is 6.10 Å². The quantitative estimate of drug-likeness (QED) is 0.635. The van der Waals surface area contributed by atoms with Crippen LogP contribution in [0, 0.1) is 5.82 Å². The fourth-order valence-electron chi connectivity index (χ4n) is 1.84. The van der Waals surface area contributed by atoms with E-state index in [-0.39, 0.29) is 17.7 Å². The standard InChI is InChI=1S/C16H20FN3OS/c1-12(21-15-8-4-3-7-14(15)17)10-19-16(18-2)20-11-13-6-5-9-22-13/h3-9,12H,10-11H2,1-2H3,(H2,18,19,20). The normalized spacial score (nSPS) is 12.8. The van der Waals surface area contributed by atoms with Crippen LogP contribution in [-0.4, -0.2) is 25.7 Å². The van der Waals surface area contributed by atoms with Crippen molar-refractivity contribution in [2.75, 3.05) is 13.6 Å². The Labute approximate surface area is 134 Å². The number of benzene rings is 1. The highest BCUT2D eigenvalue weighted by Crippen LogP contribution is 2.16. The van der Waals surface area contributed by atoms with Gasteiger partial charge in [-0.05, 0) is 30.5 Å². The van der Waals surface area contributed by atoms with Gasteiger partial charge in [-0.1, -0.05) is 18.2 Å². The van der Waals surface area contributed by atoms with Crippen LogP contribution in [0.3, 0.4) is 0 Å². The first-order valence-electron chi connectivity index (χ1n) is 7.07. The van der Waals surface area contributed by atoms with Gasteiger partial charge < -0.3 is 15.4 Å². The third-order valence-electron chi connectivity index (χ3n) is 2.96. The summed E-state index contributed by atoms with van der Waals surface area (Å²) in [7, 11) is 1.71. The topological polar surface area (TPSA) is 45.7 Å². The summed E-state index contributed by atoms with van der Waals surface area (Å²) in [4.78, 5) is 5.39. The molecule has 0 amide bonds. The number of nitrogens with zero attached hydrogens (tertiary/aromatic N) is 1. The Bertz CT molecular complexity index is 601. The van der Waals surface area contributed by atoms with Crippen LogP contribution in [0.5, 0.6) is 5.75 Å². The zero-order valence-corrected chi connectivity index (χ0v) is 13.5. The number of hydrogen-bond acceptors (Lipinski definition) is 3.